The van der Waals surface area contributed by atoms with Crippen LogP contribution in [0.2, 0.25) is 5.02 Å². The lowest BCUT2D eigenvalue weighted by Gasteiger charge is -2.02. The first-order valence-electron chi connectivity index (χ1n) is 5.69. The molecule has 2 N–H and O–H groups in total. The number of hydrogen-bond donors (Lipinski definition) is 2. The monoisotopic (exact) mass is 236 g/mol. The summed E-state index contributed by atoms with van der Waals surface area (Å²) < 4.78 is 0. The van der Waals surface area contributed by atoms with Gasteiger partial charge >= 0.3 is 0 Å². The van der Waals surface area contributed by atoms with Crippen molar-refractivity contribution >= 4 is 22.5 Å². The Bertz CT molecular complexity index is 488. The molecule has 1 aromatic heterocycles. The largest absolute Gasteiger partial charge is 0.358 e. The number of nitrogens with one attached hydrogen (secondary N) is 2. The summed E-state index contributed by atoms with van der Waals surface area (Å²) in [6, 6.07) is 6.01. The summed E-state index contributed by atoms with van der Waals surface area (Å²) in [4.78, 5) is 3.39. The van der Waals surface area contributed by atoms with Crippen LogP contribution in [0.1, 0.15) is 18.2 Å². The molecule has 0 radical (unpaired) electrons. The average Bonchev–Trinajstić information content (AvgIpc) is 2.56. The lowest BCUT2D eigenvalue weighted by Crippen LogP contribution is -2.16. The zero-order valence-corrected chi connectivity index (χ0v) is 10.5. The van der Waals surface area contributed by atoms with Gasteiger partial charge in [-0.15, -0.1) is 0 Å². The third-order valence-electron chi connectivity index (χ3n) is 2.88. The van der Waals surface area contributed by atoms with Crippen LogP contribution in [0.25, 0.3) is 10.9 Å². The Kier molecular flexibility index (Phi) is 3.52. The Morgan fingerprint density at radius 2 is 2.19 bits per heavy atom. The lowest BCUT2D eigenvalue weighted by molar-refractivity contribution is 0.716. The summed E-state index contributed by atoms with van der Waals surface area (Å²) >= 11 is 6.03. The third-order valence-corrected chi connectivity index (χ3v) is 3.12. The van der Waals surface area contributed by atoms with E-state index in [4.69, 9.17) is 11.6 Å². The van der Waals surface area contributed by atoms with E-state index in [-0.39, 0.29) is 0 Å². The SMILES string of the molecule is CCNCCc1c(C)[nH]c2ccc(Cl)cc12. The van der Waals surface area contributed by atoms with Crippen LogP contribution in [0.3, 0.4) is 0 Å². The second kappa shape index (κ2) is 4.89. The van der Waals surface area contributed by atoms with E-state index in [9.17, 15) is 0 Å². The van der Waals surface area contributed by atoms with Crippen molar-refractivity contribution in [2.24, 2.45) is 0 Å². The number of H-pyrrole nitrogens is 1. The fraction of sp³-hybridized carbons (Fsp3) is 0.385. The first-order valence-corrected chi connectivity index (χ1v) is 6.07. The quantitative estimate of drug-likeness (QED) is 0.784. The average molecular weight is 237 g/mol. The number of halogens is 1. The van der Waals surface area contributed by atoms with E-state index in [1.807, 2.05) is 18.2 Å². The van der Waals surface area contributed by atoms with Crippen LogP contribution in [0, 0.1) is 6.92 Å². The second-order valence-corrected chi connectivity index (χ2v) is 4.46. The molecule has 0 spiro atoms. The van der Waals surface area contributed by atoms with E-state index >= 15 is 0 Å². The summed E-state index contributed by atoms with van der Waals surface area (Å²) in [6.45, 7) is 6.27. The highest BCUT2D eigenvalue weighted by molar-refractivity contribution is 6.31. The molecule has 1 aromatic carbocycles. The standard InChI is InChI=1S/C13H17ClN2/c1-3-15-7-6-11-9(2)16-13-5-4-10(14)8-12(11)13/h4-5,8,15-16H,3,6-7H2,1-2H3. The minimum atomic E-state index is 0.802. The van der Waals surface area contributed by atoms with Gasteiger partial charge in [0, 0.05) is 21.6 Å². The summed E-state index contributed by atoms with van der Waals surface area (Å²) in [5, 5.41) is 5.40. The van der Waals surface area contributed by atoms with Crippen molar-refractivity contribution in [1.82, 2.24) is 10.3 Å². The number of aryl methyl sites for hydroxylation is 1. The topological polar surface area (TPSA) is 27.8 Å². The molecule has 0 bridgehead atoms. The Hall–Kier alpha value is -0.990. The van der Waals surface area contributed by atoms with E-state index in [2.05, 4.69) is 24.1 Å². The zero-order chi connectivity index (χ0) is 11.5. The minimum Gasteiger partial charge on any atom is -0.358 e. The number of aromatic nitrogens is 1. The zero-order valence-electron chi connectivity index (χ0n) is 9.73. The molecule has 0 amide bonds. The van der Waals surface area contributed by atoms with Gasteiger partial charge in [0.05, 0.1) is 0 Å². The molecule has 2 nitrogen and oxygen atoms in total. The summed E-state index contributed by atoms with van der Waals surface area (Å²) in [6.07, 6.45) is 1.04. The van der Waals surface area contributed by atoms with Crippen LogP contribution in [0.15, 0.2) is 18.2 Å². The van der Waals surface area contributed by atoms with Crippen molar-refractivity contribution in [3.8, 4) is 0 Å². The van der Waals surface area contributed by atoms with E-state index < -0.39 is 0 Å². The molecular formula is C13H17ClN2. The van der Waals surface area contributed by atoms with Crippen LogP contribution >= 0.6 is 11.6 Å². The van der Waals surface area contributed by atoms with Crippen molar-refractivity contribution in [2.45, 2.75) is 20.3 Å². The van der Waals surface area contributed by atoms with Crippen LogP contribution in [0.4, 0.5) is 0 Å². The van der Waals surface area contributed by atoms with Crippen LogP contribution in [0.5, 0.6) is 0 Å². The first-order chi connectivity index (χ1) is 7.72. The first kappa shape index (κ1) is 11.5. The highest BCUT2D eigenvalue weighted by Crippen LogP contribution is 2.25. The van der Waals surface area contributed by atoms with Crippen molar-refractivity contribution in [3.63, 3.8) is 0 Å². The molecule has 0 atom stereocenters. The van der Waals surface area contributed by atoms with Gasteiger partial charge < -0.3 is 10.3 Å². The molecular weight excluding hydrogens is 220 g/mol. The molecule has 86 valence electrons. The van der Waals surface area contributed by atoms with E-state index in [1.54, 1.807) is 0 Å². The molecule has 0 saturated carbocycles. The summed E-state index contributed by atoms with van der Waals surface area (Å²) in [7, 11) is 0. The Balaban J connectivity index is 2.34. The van der Waals surface area contributed by atoms with Crippen molar-refractivity contribution < 1.29 is 0 Å². The molecule has 0 fully saturated rings. The van der Waals surface area contributed by atoms with Gasteiger partial charge in [0.15, 0.2) is 0 Å². The van der Waals surface area contributed by atoms with E-state index in [0.717, 1.165) is 24.5 Å². The molecule has 0 unspecified atom stereocenters. The van der Waals surface area contributed by atoms with Gasteiger partial charge in [-0.3, -0.25) is 0 Å². The van der Waals surface area contributed by atoms with Gasteiger partial charge in [-0.05, 0) is 50.2 Å². The highest BCUT2D eigenvalue weighted by atomic mass is 35.5. The normalized spacial score (nSPS) is 11.2. The molecule has 2 aromatic rings. The molecule has 16 heavy (non-hydrogen) atoms. The number of fused-ring (bicyclic) bond motifs is 1. The van der Waals surface area contributed by atoms with Gasteiger partial charge in [0.1, 0.15) is 0 Å². The highest BCUT2D eigenvalue weighted by Gasteiger charge is 2.07. The maximum Gasteiger partial charge on any atom is 0.0459 e. The van der Waals surface area contributed by atoms with Gasteiger partial charge in [0.2, 0.25) is 0 Å². The van der Waals surface area contributed by atoms with Crippen LogP contribution < -0.4 is 5.32 Å². The Morgan fingerprint density at radius 3 is 2.94 bits per heavy atom. The van der Waals surface area contributed by atoms with Crippen molar-refractivity contribution in [1.29, 1.82) is 0 Å². The fourth-order valence-electron chi connectivity index (χ4n) is 2.07. The number of aromatic amines is 1. The molecule has 0 aliphatic carbocycles. The van der Waals surface area contributed by atoms with Crippen LogP contribution in [-0.2, 0) is 6.42 Å². The van der Waals surface area contributed by atoms with Crippen molar-refractivity contribution in [2.75, 3.05) is 13.1 Å². The fourth-order valence-corrected chi connectivity index (χ4v) is 2.24. The lowest BCUT2D eigenvalue weighted by atomic mass is 10.1. The van der Waals surface area contributed by atoms with E-state index in [1.165, 1.54) is 22.2 Å². The molecule has 0 aliphatic rings. The van der Waals surface area contributed by atoms with Crippen LogP contribution in [-0.4, -0.2) is 18.1 Å². The van der Waals surface area contributed by atoms with Gasteiger partial charge in [-0.2, -0.15) is 0 Å². The second-order valence-electron chi connectivity index (χ2n) is 4.02. The van der Waals surface area contributed by atoms with Gasteiger partial charge in [-0.1, -0.05) is 18.5 Å². The number of hydrogen-bond acceptors (Lipinski definition) is 1. The van der Waals surface area contributed by atoms with Crippen molar-refractivity contribution in [3.05, 3.63) is 34.5 Å². The smallest absolute Gasteiger partial charge is 0.0459 e. The molecule has 2 rings (SSSR count). The maximum atomic E-state index is 6.03. The minimum absolute atomic E-state index is 0.802. The summed E-state index contributed by atoms with van der Waals surface area (Å²) in [5.41, 5.74) is 3.79. The molecule has 1 heterocycles. The van der Waals surface area contributed by atoms with Gasteiger partial charge in [-0.25, -0.2) is 0 Å². The van der Waals surface area contributed by atoms with E-state index in [0.29, 0.717) is 0 Å². The maximum absolute atomic E-state index is 6.03. The Labute approximate surface area is 101 Å². The Morgan fingerprint density at radius 1 is 1.38 bits per heavy atom. The molecule has 3 heteroatoms. The number of likely N-dealkylation sites (N-methyl/N-ethyl adjacent to an activating group) is 1. The number of benzene rings is 1. The summed E-state index contributed by atoms with van der Waals surface area (Å²) in [5.74, 6) is 0. The number of rotatable bonds is 4. The molecule has 0 saturated heterocycles. The predicted molar refractivity (Wildman–Crippen MR) is 70.3 cm³/mol. The molecule has 0 aliphatic heterocycles. The van der Waals surface area contributed by atoms with Gasteiger partial charge in [0.25, 0.3) is 0 Å². The predicted octanol–water partition coefficient (Wildman–Crippen LogP) is 3.28. The third kappa shape index (κ3) is 2.23.